The zero-order valence-corrected chi connectivity index (χ0v) is 31.1. The van der Waals surface area contributed by atoms with E-state index in [0.29, 0.717) is 37.9 Å². The van der Waals surface area contributed by atoms with Crippen molar-refractivity contribution in [3.05, 3.63) is 60.2 Å². The van der Waals surface area contributed by atoms with Crippen LogP contribution < -0.4 is 5.32 Å². The number of nitrogens with one attached hydrogen (secondary N) is 1. The van der Waals surface area contributed by atoms with Crippen molar-refractivity contribution in [2.24, 2.45) is 17.3 Å². The number of cyclic esters (lactones) is 1. The van der Waals surface area contributed by atoms with E-state index in [1.54, 1.807) is 11.0 Å². The van der Waals surface area contributed by atoms with E-state index in [4.69, 9.17) is 14.2 Å². The van der Waals surface area contributed by atoms with E-state index in [2.05, 4.69) is 39.9 Å². The molecule has 280 valence electrons. The van der Waals surface area contributed by atoms with Crippen molar-refractivity contribution in [1.82, 2.24) is 15.1 Å². The highest BCUT2D eigenvalue weighted by molar-refractivity contribution is 5.99. The molecule has 51 heavy (non-hydrogen) atoms. The van der Waals surface area contributed by atoms with Gasteiger partial charge in [-0.3, -0.25) is 19.2 Å². The van der Waals surface area contributed by atoms with E-state index >= 15 is 0 Å². The van der Waals surface area contributed by atoms with E-state index in [1.165, 1.54) is 7.11 Å². The zero-order chi connectivity index (χ0) is 37.0. The molecule has 2 fully saturated rings. The lowest BCUT2D eigenvalue weighted by molar-refractivity contribution is -0.162. The number of hydrogen-bond donors (Lipinski definition) is 2. The number of esters is 1. The van der Waals surface area contributed by atoms with Crippen LogP contribution in [0.5, 0.6) is 0 Å². The molecule has 0 radical (unpaired) electrons. The number of aliphatic hydroxyl groups is 1. The number of nitrogens with zero attached hydrogens (tertiary/aromatic N) is 2. The number of carbonyl (C=O) groups is 4. The van der Waals surface area contributed by atoms with Crippen LogP contribution in [0.4, 0.5) is 0 Å². The molecule has 2 N–H and O–H groups in total. The summed E-state index contributed by atoms with van der Waals surface area (Å²) >= 11 is 0. The quantitative estimate of drug-likeness (QED) is 0.195. The molecular weight excluding hydrogens is 650 g/mol. The van der Waals surface area contributed by atoms with E-state index in [1.807, 2.05) is 53.5 Å². The van der Waals surface area contributed by atoms with Crippen molar-refractivity contribution in [2.75, 3.05) is 33.4 Å². The smallest absolute Gasteiger partial charge is 0.313 e. The monoisotopic (exact) mass is 707 g/mol. The summed E-state index contributed by atoms with van der Waals surface area (Å²) in [5.74, 6) is -3.41. The topological polar surface area (TPSA) is 135 Å². The van der Waals surface area contributed by atoms with Crippen LogP contribution in [0.25, 0.3) is 0 Å². The average molecular weight is 708 g/mol. The van der Waals surface area contributed by atoms with Crippen LogP contribution in [0, 0.1) is 17.3 Å². The lowest BCUT2D eigenvalue weighted by Gasteiger charge is -2.44. The number of hydrogen-bond acceptors (Lipinski definition) is 8. The maximum Gasteiger partial charge on any atom is 0.313 e. The molecule has 0 bridgehead atoms. The Bertz CT molecular complexity index is 1470. The minimum atomic E-state index is -1.41. The van der Waals surface area contributed by atoms with Gasteiger partial charge in [0.1, 0.15) is 23.7 Å². The molecule has 1 aromatic rings. The van der Waals surface area contributed by atoms with Gasteiger partial charge >= 0.3 is 5.97 Å². The molecule has 11 heteroatoms. The SMILES string of the molecule is COC[C@H]1NC(=O)CC/C=C\[C@H]2O[C@]34C=CCN(C(C)(C)CC(C)(C)C)C(=O)[C@H]3N(CCCCCCO)C(=O)[C@@H]4[C@H]2C(=O)O[C@@H]1c1ccccc1. The van der Waals surface area contributed by atoms with Crippen molar-refractivity contribution in [3.63, 3.8) is 0 Å². The summed E-state index contributed by atoms with van der Waals surface area (Å²) in [6.07, 6.45) is 9.77. The number of allylic oxidation sites excluding steroid dienone is 1. The number of carbonyl (C=O) groups excluding carboxylic acids is 4. The Hall–Kier alpha value is -3.54. The van der Waals surface area contributed by atoms with Gasteiger partial charge in [0.15, 0.2) is 0 Å². The number of ether oxygens (including phenoxy) is 3. The Morgan fingerprint density at radius 2 is 1.71 bits per heavy atom. The highest BCUT2D eigenvalue weighted by Crippen LogP contribution is 2.54. The first kappa shape index (κ1) is 38.7. The average Bonchev–Trinajstić information content (AvgIpc) is 3.44. The summed E-state index contributed by atoms with van der Waals surface area (Å²) in [4.78, 5) is 61.0. The third-order valence-corrected chi connectivity index (χ3v) is 10.6. The number of rotatable bonds is 11. The third-order valence-electron chi connectivity index (χ3n) is 10.6. The highest BCUT2D eigenvalue weighted by Gasteiger charge is 2.72. The van der Waals surface area contributed by atoms with Crippen molar-refractivity contribution in [1.29, 1.82) is 0 Å². The number of fused-ring (bicyclic) bond motifs is 2. The van der Waals surface area contributed by atoms with E-state index in [-0.39, 0.29) is 42.8 Å². The Kier molecular flexibility index (Phi) is 12.1. The minimum absolute atomic E-state index is 0.0670. The number of aliphatic hydroxyl groups excluding tert-OH is 1. The highest BCUT2D eigenvalue weighted by atomic mass is 16.6. The summed E-state index contributed by atoms with van der Waals surface area (Å²) in [7, 11) is 1.52. The molecule has 0 saturated carbocycles. The van der Waals surface area contributed by atoms with Crippen molar-refractivity contribution >= 4 is 23.7 Å². The molecule has 0 aromatic heterocycles. The lowest BCUT2D eigenvalue weighted by atomic mass is 9.77. The number of likely N-dealkylation sites (tertiary alicyclic amines) is 1. The Balaban J connectivity index is 1.58. The van der Waals surface area contributed by atoms with E-state index < -0.39 is 53.2 Å². The fourth-order valence-corrected chi connectivity index (χ4v) is 8.82. The second-order valence-corrected chi connectivity index (χ2v) is 16.3. The lowest BCUT2D eigenvalue weighted by Crippen LogP contribution is -2.59. The summed E-state index contributed by atoms with van der Waals surface area (Å²) in [5, 5.41) is 12.3. The first-order valence-electron chi connectivity index (χ1n) is 18.5. The van der Waals surface area contributed by atoms with Gasteiger partial charge in [0.2, 0.25) is 17.7 Å². The minimum Gasteiger partial charge on any atom is -0.455 e. The largest absolute Gasteiger partial charge is 0.455 e. The molecule has 2 saturated heterocycles. The number of amides is 3. The second-order valence-electron chi connectivity index (χ2n) is 16.3. The predicted octanol–water partition coefficient (Wildman–Crippen LogP) is 4.50. The van der Waals surface area contributed by atoms with Crippen LogP contribution in [-0.4, -0.2) is 101 Å². The van der Waals surface area contributed by atoms with Crippen molar-refractivity contribution < 1.29 is 38.5 Å². The molecule has 1 aromatic carbocycles. The number of unbranched alkanes of at least 4 members (excludes halogenated alkanes) is 3. The molecule has 11 nitrogen and oxygen atoms in total. The predicted molar refractivity (Wildman–Crippen MR) is 192 cm³/mol. The molecule has 3 amide bonds. The summed E-state index contributed by atoms with van der Waals surface area (Å²) in [5.41, 5.74) is -1.34. The first-order valence-corrected chi connectivity index (χ1v) is 18.5. The fourth-order valence-electron chi connectivity index (χ4n) is 8.82. The number of benzene rings is 1. The van der Waals surface area contributed by atoms with Gasteiger partial charge in [-0.15, -0.1) is 0 Å². The Morgan fingerprint density at radius 3 is 2.39 bits per heavy atom. The molecule has 5 rings (SSSR count). The molecule has 4 aliphatic heterocycles. The van der Waals surface area contributed by atoms with Gasteiger partial charge in [-0.05, 0) is 50.5 Å². The maximum atomic E-state index is 15.0. The summed E-state index contributed by atoms with van der Waals surface area (Å²) < 4.78 is 18.8. The zero-order valence-electron chi connectivity index (χ0n) is 31.1. The van der Waals surface area contributed by atoms with Gasteiger partial charge < -0.3 is 34.4 Å². The third kappa shape index (κ3) is 8.26. The molecule has 0 aliphatic carbocycles. The second kappa shape index (κ2) is 16.0. The van der Waals surface area contributed by atoms with Gasteiger partial charge in [0.25, 0.3) is 0 Å². The molecular formula is C40H57N3O8. The van der Waals surface area contributed by atoms with Gasteiger partial charge in [0.05, 0.1) is 24.7 Å². The normalized spacial score (nSPS) is 30.8. The van der Waals surface area contributed by atoms with Crippen LogP contribution in [0.2, 0.25) is 0 Å². The van der Waals surface area contributed by atoms with Gasteiger partial charge in [0, 0.05) is 38.8 Å². The summed E-state index contributed by atoms with van der Waals surface area (Å²) in [6.45, 7) is 11.4. The van der Waals surface area contributed by atoms with Gasteiger partial charge in [-0.1, -0.05) is 88.2 Å². The van der Waals surface area contributed by atoms with Crippen LogP contribution >= 0.6 is 0 Å². The van der Waals surface area contributed by atoms with Crippen LogP contribution in [-0.2, 0) is 33.4 Å². The fraction of sp³-hybridized carbons (Fsp3) is 0.650. The van der Waals surface area contributed by atoms with Crippen LogP contribution in [0.15, 0.2) is 54.6 Å². The standard InChI is InChI=1S/C40H57N3O8/c1-38(2,3)26-39(4,5)43-23-16-21-40-32(35(46)42(34(40)36(43)47)22-14-7-8-15-24-44)31-29(51-40)19-12-13-20-30(45)41-28(25-49-6)33(50-37(31)48)27-17-10-9-11-18-27/h9-12,16-19,21,28-29,31-34,44H,7-8,13-15,20,22-26H2,1-6H3,(H,41,45)/b19-12-/t28-,29-,31+,32+,33-,34-,40+/m1/s1. The van der Waals surface area contributed by atoms with Crippen LogP contribution in [0.1, 0.15) is 91.2 Å². The van der Waals surface area contributed by atoms with E-state index in [0.717, 1.165) is 19.3 Å². The Labute approximate surface area is 302 Å². The number of methoxy groups -OCH3 is 1. The van der Waals surface area contributed by atoms with Gasteiger partial charge in [-0.25, -0.2) is 0 Å². The maximum absolute atomic E-state index is 15.0. The molecule has 4 aliphatic rings. The van der Waals surface area contributed by atoms with E-state index in [9.17, 15) is 24.3 Å². The molecule has 1 spiro atoms. The van der Waals surface area contributed by atoms with Gasteiger partial charge in [-0.2, -0.15) is 0 Å². The molecule has 4 heterocycles. The van der Waals surface area contributed by atoms with Crippen molar-refractivity contribution in [3.8, 4) is 0 Å². The van der Waals surface area contributed by atoms with Crippen molar-refractivity contribution in [2.45, 2.75) is 115 Å². The molecule has 7 atom stereocenters. The molecule has 0 unspecified atom stereocenters. The Morgan fingerprint density at radius 1 is 0.980 bits per heavy atom. The summed E-state index contributed by atoms with van der Waals surface area (Å²) in [6, 6.07) is 7.52. The first-order chi connectivity index (χ1) is 24.2. The van der Waals surface area contributed by atoms with Crippen LogP contribution in [0.3, 0.4) is 0 Å².